The lowest BCUT2D eigenvalue weighted by molar-refractivity contribution is 0.102. The zero-order valence-electron chi connectivity index (χ0n) is 10.7. The van der Waals surface area contributed by atoms with Crippen molar-refractivity contribution >= 4 is 39.1 Å². The normalized spacial score (nSPS) is 12.0. The number of carbonyl (C=O) groups excluding carboxylic acids is 1. The third-order valence-corrected chi connectivity index (χ3v) is 3.60. The van der Waals surface area contributed by atoms with Crippen LogP contribution in [0.3, 0.4) is 0 Å². The highest BCUT2D eigenvalue weighted by Gasteiger charge is 2.12. The fraction of sp³-hybridized carbons (Fsp3) is 0.133. The quantitative estimate of drug-likeness (QED) is 0.754. The van der Waals surface area contributed by atoms with Gasteiger partial charge in [0.1, 0.15) is 5.82 Å². The van der Waals surface area contributed by atoms with E-state index in [0.29, 0.717) is 11.3 Å². The van der Waals surface area contributed by atoms with E-state index in [4.69, 9.17) is 11.6 Å². The van der Waals surface area contributed by atoms with Crippen LogP contribution in [0.5, 0.6) is 0 Å². The van der Waals surface area contributed by atoms with Crippen molar-refractivity contribution in [3.05, 3.63) is 64.4 Å². The Morgan fingerprint density at radius 2 is 2.00 bits per heavy atom. The molecule has 0 saturated heterocycles. The van der Waals surface area contributed by atoms with E-state index in [1.54, 1.807) is 0 Å². The van der Waals surface area contributed by atoms with Crippen LogP contribution in [-0.2, 0) is 0 Å². The summed E-state index contributed by atoms with van der Waals surface area (Å²) in [7, 11) is 0. The molecule has 2 aromatic carbocycles. The standard InChI is InChI=1S/C15H12BrClFNO/c1-9(16)11-4-2-3-5-14(11)19-15(20)10-6-7-13(18)12(17)8-10/h2-9H,1H3,(H,19,20). The number of benzene rings is 2. The van der Waals surface area contributed by atoms with Crippen LogP contribution in [0.15, 0.2) is 42.5 Å². The lowest BCUT2D eigenvalue weighted by Gasteiger charge is -2.12. The van der Waals surface area contributed by atoms with Gasteiger partial charge in [0, 0.05) is 16.1 Å². The summed E-state index contributed by atoms with van der Waals surface area (Å²) in [5, 5.41) is 2.74. The second-order valence-corrected chi connectivity index (χ2v) is 6.07. The summed E-state index contributed by atoms with van der Waals surface area (Å²) in [5.41, 5.74) is 1.99. The molecule has 0 aromatic heterocycles. The van der Waals surface area contributed by atoms with E-state index in [-0.39, 0.29) is 15.8 Å². The number of para-hydroxylation sites is 1. The maximum atomic E-state index is 13.1. The van der Waals surface area contributed by atoms with Gasteiger partial charge in [-0.25, -0.2) is 4.39 Å². The predicted molar refractivity (Wildman–Crippen MR) is 83.1 cm³/mol. The molecule has 1 atom stereocenters. The highest BCUT2D eigenvalue weighted by atomic mass is 79.9. The molecule has 20 heavy (non-hydrogen) atoms. The van der Waals surface area contributed by atoms with Crippen molar-refractivity contribution in [2.24, 2.45) is 0 Å². The molecule has 5 heteroatoms. The molecular weight excluding hydrogens is 345 g/mol. The molecule has 1 N–H and O–H groups in total. The third-order valence-electron chi connectivity index (χ3n) is 2.82. The number of hydrogen-bond donors (Lipinski definition) is 1. The highest BCUT2D eigenvalue weighted by Crippen LogP contribution is 2.29. The van der Waals surface area contributed by atoms with Crippen LogP contribution in [0.25, 0.3) is 0 Å². The Morgan fingerprint density at radius 3 is 2.65 bits per heavy atom. The smallest absolute Gasteiger partial charge is 0.255 e. The maximum Gasteiger partial charge on any atom is 0.255 e. The van der Waals surface area contributed by atoms with E-state index in [9.17, 15) is 9.18 Å². The molecule has 1 amide bonds. The van der Waals surface area contributed by atoms with Gasteiger partial charge in [-0.3, -0.25) is 4.79 Å². The van der Waals surface area contributed by atoms with Crippen molar-refractivity contribution in [1.82, 2.24) is 0 Å². The minimum atomic E-state index is -0.544. The van der Waals surface area contributed by atoms with Crippen LogP contribution in [0.2, 0.25) is 5.02 Å². The molecule has 2 rings (SSSR count). The number of halogens is 3. The first-order chi connectivity index (χ1) is 9.49. The Balaban J connectivity index is 2.26. The predicted octanol–water partition coefficient (Wildman–Crippen LogP) is 5.19. The van der Waals surface area contributed by atoms with Crippen molar-refractivity contribution in [1.29, 1.82) is 0 Å². The van der Waals surface area contributed by atoms with E-state index in [1.165, 1.54) is 18.2 Å². The van der Waals surface area contributed by atoms with Crippen LogP contribution in [-0.4, -0.2) is 5.91 Å². The molecule has 0 aliphatic carbocycles. The molecular formula is C15H12BrClFNO. The van der Waals surface area contributed by atoms with Gasteiger partial charge in [-0.15, -0.1) is 0 Å². The molecule has 0 spiro atoms. The Bertz CT molecular complexity index is 646. The Kier molecular flexibility index (Phi) is 4.78. The van der Waals surface area contributed by atoms with E-state index in [0.717, 1.165) is 5.56 Å². The van der Waals surface area contributed by atoms with Gasteiger partial charge in [0.05, 0.1) is 5.02 Å². The Labute approximate surface area is 130 Å². The van der Waals surface area contributed by atoms with Gasteiger partial charge < -0.3 is 5.32 Å². The first kappa shape index (κ1) is 15.0. The van der Waals surface area contributed by atoms with E-state index >= 15 is 0 Å². The van der Waals surface area contributed by atoms with Gasteiger partial charge >= 0.3 is 0 Å². The monoisotopic (exact) mass is 355 g/mol. The van der Waals surface area contributed by atoms with Crippen molar-refractivity contribution in [2.75, 3.05) is 5.32 Å². The van der Waals surface area contributed by atoms with Crippen LogP contribution in [0.1, 0.15) is 27.7 Å². The summed E-state index contributed by atoms with van der Waals surface area (Å²) >= 11 is 9.16. The molecule has 0 saturated carbocycles. The second kappa shape index (κ2) is 6.37. The third kappa shape index (κ3) is 3.38. The Morgan fingerprint density at radius 1 is 1.30 bits per heavy atom. The van der Waals surface area contributed by atoms with Crippen molar-refractivity contribution in [3.8, 4) is 0 Å². The number of rotatable bonds is 3. The van der Waals surface area contributed by atoms with Crippen LogP contribution in [0.4, 0.5) is 10.1 Å². The number of alkyl halides is 1. The number of anilines is 1. The van der Waals surface area contributed by atoms with Crippen molar-refractivity contribution in [3.63, 3.8) is 0 Å². The zero-order valence-corrected chi connectivity index (χ0v) is 13.0. The highest BCUT2D eigenvalue weighted by molar-refractivity contribution is 9.09. The van der Waals surface area contributed by atoms with Gasteiger partial charge in [-0.05, 0) is 36.8 Å². The first-order valence-electron chi connectivity index (χ1n) is 5.98. The largest absolute Gasteiger partial charge is 0.322 e. The lowest BCUT2D eigenvalue weighted by atomic mass is 10.1. The average molecular weight is 357 g/mol. The van der Waals surface area contributed by atoms with E-state index in [1.807, 2.05) is 31.2 Å². The van der Waals surface area contributed by atoms with Crippen molar-refractivity contribution < 1.29 is 9.18 Å². The SMILES string of the molecule is CC(Br)c1ccccc1NC(=O)c1ccc(F)c(Cl)c1. The number of nitrogens with one attached hydrogen (secondary N) is 1. The molecule has 0 aliphatic rings. The minimum absolute atomic E-state index is 0.0696. The van der Waals surface area contributed by atoms with Gasteiger partial charge in [0.25, 0.3) is 5.91 Å². The summed E-state index contributed by atoms with van der Waals surface area (Å²) < 4.78 is 13.1. The van der Waals surface area contributed by atoms with Crippen LogP contribution >= 0.6 is 27.5 Å². The summed E-state index contributed by atoms with van der Waals surface area (Å²) in [6.45, 7) is 1.97. The number of amides is 1. The molecule has 1 unspecified atom stereocenters. The number of carbonyl (C=O) groups is 1. The summed E-state index contributed by atoms with van der Waals surface area (Å²) in [4.78, 5) is 12.3. The minimum Gasteiger partial charge on any atom is -0.322 e. The van der Waals surface area contributed by atoms with Gasteiger partial charge in [-0.1, -0.05) is 45.7 Å². The second-order valence-electron chi connectivity index (χ2n) is 4.29. The van der Waals surface area contributed by atoms with Gasteiger partial charge in [0.2, 0.25) is 0 Å². The summed E-state index contributed by atoms with van der Waals surface area (Å²) in [6.07, 6.45) is 0. The van der Waals surface area contributed by atoms with Crippen LogP contribution in [0, 0.1) is 5.82 Å². The molecule has 2 nitrogen and oxygen atoms in total. The average Bonchev–Trinajstić information content (AvgIpc) is 2.42. The van der Waals surface area contributed by atoms with Gasteiger partial charge in [-0.2, -0.15) is 0 Å². The molecule has 0 bridgehead atoms. The maximum absolute atomic E-state index is 13.1. The van der Waals surface area contributed by atoms with Gasteiger partial charge in [0.15, 0.2) is 0 Å². The molecule has 2 aromatic rings. The van der Waals surface area contributed by atoms with E-state index < -0.39 is 5.82 Å². The number of hydrogen-bond acceptors (Lipinski definition) is 1. The van der Waals surface area contributed by atoms with E-state index in [2.05, 4.69) is 21.2 Å². The molecule has 0 radical (unpaired) electrons. The van der Waals surface area contributed by atoms with Crippen LogP contribution < -0.4 is 5.32 Å². The lowest BCUT2D eigenvalue weighted by Crippen LogP contribution is -2.13. The first-order valence-corrected chi connectivity index (χ1v) is 7.28. The Hall–Kier alpha value is -1.39. The summed E-state index contributed by atoms with van der Waals surface area (Å²) in [5.74, 6) is -0.870. The fourth-order valence-corrected chi connectivity index (χ4v) is 2.37. The molecule has 0 fully saturated rings. The topological polar surface area (TPSA) is 29.1 Å². The molecule has 104 valence electrons. The fourth-order valence-electron chi connectivity index (χ4n) is 1.79. The molecule has 0 aliphatic heterocycles. The zero-order chi connectivity index (χ0) is 14.7. The molecule has 0 heterocycles. The van der Waals surface area contributed by atoms with Crippen molar-refractivity contribution in [2.45, 2.75) is 11.8 Å². The summed E-state index contributed by atoms with van der Waals surface area (Å²) in [6, 6.07) is 11.4.